The zero-order chi connectivity index (χ0) is 27.4. The molecule has 0 aliphatic rings. The molecule has 0 saturated carbocycles. The number of hydrogen-bond donors (Lipinski definition) is 1. The van der Waals surface area contributed by atoms with Crippen molar-refractivity contribution in [1.29, 1.82) is 0 Å². The summed E-state index contributed by atoms with van der Waals surface area (Å²) in [7, 11) is 1.70. The molecule has 3 nitrogen and oxygen atoms in total. The normalized spacial score (nSPS) is 12.4. The Bertz CT molecular complexity index is 1530. The Morgan fingerprint density at radius 1 is 0.725 bits per heavy atom. The number of benzene rings is 5. The van der Waals surface area contributed by atoms with Gasteiger partial charge in [0.1, 0.15) is 0 Å². The summed E-state index contributed by atoms with van der Waals surface area (Å²) in [6, 6.07) is 48.4. The number of para-hydroxylation sites is 1. The maximum absolute atomic E-state index is 5.46. The van der Waals surface area contributed by atoms with Crippen molar-refractivity contribution in [2.75, 3.05) is 7.11 Å². The van der Waals surface area contributed by atoms with E-state index in [4.69, 9.17) is 9.73 Å². The quantitative estimate of drug-likeness (QED) is 0.0929. The first-order valence-electron chi connectivity index (χ1n) is 13.3. The summed E-state index contributed by atoms with van der Waals surface area (Å²) >= 11 is -0.793. The number of aliphatic imine (C=N–C) groups is 1. The summed E-state index contributed by atoms with van der Waals surface area (Å²) in [5.74, 6) is 0.847. The van der Waals surface area contributed by atoms with E-state index in [0.717, 1.165) is 23.5 Å². The van der Waals surface area contributed by atoms with E-state index in [-0.39, 0.29) is 6.04 Å². The molecule has 40 heavy (non-hydrogen) atoms. The van der Waals surface area contributed by atoms with Crippen molar-refractivity contribution in [3.8, 4) is 5.75 Å². The van der Waals surface area contributed by atoms with Crippen LogP contribution in [0.2, 0.25) is 0 Å². The van der Waals surface area contributed by atoms with E-state index in [1.54, 1.807) is 7.11 Å². The van der Waals surface area contributed by atoms with Crippen LogP contribution in [0.5, 0.6) is 5.75 Å². The van der Waals surface area contributed by atoms with Gasteiger partial charge in [0.05, 0.1) is 0 Å². The van der Waals surface area contributed by atoms with Gasteiger partial charge in [-0.15, -0.1) is 0 Å². The molecule has 1 atom stereocenters. The molecule has 0 aliphatic heterocycles. The molecule has 198 valence electrons. The first-order valence-corrected chi connectivity index (χ1v) is 15.7. The molecule has 5 aromatic rings. The molecule has 0 aromatic heterocycles. The van der Waals surface area contributed by atoms with E-state index in [2.05, 4.69) is 139 Å². The van der Waals surface area contributed by atoms with Gasteiger partial charge in [0, 0.05) is 0 Å². The van der Waals surface area contributed by atoms with Crippen LogP contribution in [-0.4, -0.2) is 31.8 Å². The molecule has 1 unspecified atom stereocenters. The Kier molecular flexibility index (Phi) is 9.98. The van der Waals surface area contributed by atoms with Crippen molar-refractivity contribution >= 4 is 46.1 Å². The maximum atomic E-state index is 5.46. The Labute approximate surface area is 247 Å². The van der Waals surface area contributed by atoms with E-state index >= 15 is 0 Å². The number of ether oxygens (including phenoxy) is 1. The predicted molar refractivity (Wildman–Crippen MR) is 170 cm³/mol. The molecule has 0 spiro atoms. The van der Waals surface area contributed by atoms with Gasteiger partial charge >= 0.3 is 248 Å². The van der Waals surface area contributed by atoms with Crippen LogP contribution in [0.3, 0.4) is 0 Å². The molecule has 4 heteroatoms. The van der Waals surface area contributed by atoms with Crippen molar-refractivity contribution in [2.45, 2.75) is 12.6 Å². The summed E-state index contributed by atoms with van der Waals surface area (Å²) in [5.41, 5.74) is 5.66. The summed E-state index contributed by atoms with van der Waals surface area (Å²) in [6.45, 7) is 0.744. The van der Waals surface area contributed by atoms with Gasteiger partial charge < -0.3 is 0 Å². The Hall–Kier alpha value is -3.94. The van der Waals surface area contributed by atoms with Gasteiger partial charge in [-0.25, -0.2) is 0 Å². The van der Waals surface area contributed by atoms with Gasteiger partial charge in [0.2, 0.25) is 0 Å². The van der Waals surface area contributed by atoms with Crippen LogP contribution in [0, 0.1) is 0 Å². The number of rotatable bonds is 11. The third-order valence-corrected chi connectivity index (χ3v) is 9.42. The third kappa shape index (κ3) is 7.81. The molecule has 0 saturated heterocycles. The van der Waals surface area contributed by atoms with Crippen LogP contribution in [0.1, 0.15) is 28.3 Å². The Morgan fingerprint density at radius 2 is 1.35 bits per heavy atom. The molecule has 0 fully saturated rings. The second kappa shape index (κ2) is 14.4. The zero-order valence-corrected chi connectivity index (χ0v) is 24.8. The average molecular weight is 636 g/mol. The van der Waals surface area contributed by atoms with Crippen molar-refractivity contribution in [1.82, 2.24) is 5.32 Å². The number of nitrogens with zero attached hydrogens (tertiary/aromatic N) is 1. The molecular formula is C36H32N2OTe. The van der Waals surface area contributed by atoms with E-state index in [1.807, 2.05) is 18.2 Å². The van der Waals surface area contributed by atoms with Crippen LogP contribution in [-0.2, 0) is 6.54 Å². The van der Waals surface area contributed by atoms with Crippen LogP contribution < -0.4 is 13.7 Å². The van der Waals surface area contributed by atoms with E-state index < -0.39 is 20.9 Å². The van der Waals surface area contributed by atoms with Crippen LogP contribution in [0.4, 0.5) is 5.69 Å². The fourth-order valence-electron chi connectivity index (χ4n) is 4.31. The SMILES string of the molecule is COc1ccc(C(NCc2ccccc2)C(=Nc2ccccc2/C=C/c2ccccc2)[Te]c2ccccc2)cc1. The van der Waals surface area contributed by atoms with Crippen molar-refractivity contribution in [2.24, 2.45) is 4.99 Å². The van der Waals surface area contributed by atoms with E-state index in [1.165, 1.54) is 24.1 Å². The minimum absolute atomic E-state index is 0.0418. The molecule has 0 amide bonds. The average Bonchev–Trinajstić information content (AvgIpc) is 3.02. The summed E-state index contributed by atoms with van der Waals surface area (Å²) in [6.07, 6.45) is 4.31. The monoisotopic (exact) mass is 638 g/mol. The van der Waals surface area contributed by atoms with Gasteiger partial charge in [-0.05, 0) is 0 Å². The Morgan fingerprint density at radius 3 is 2.05 bits per heavy atom. The number of methoxy groups -OCH3 is 1. The first-order chi connectivity index (χ1) is 19.8. The Balaban J connectivity index is 1.56. The van der Waals surface area contributed by atoms with Crippen LogP contribution in [0.25, 0.3) is 12.2 Å². The van der Waals surface area contributed by atoms with E-state index in [9.17, 15) is 0 Å². The van der Waals surface area contributed by atoms with Crippen molar-refractivity contribution in [3.63, 3.8) is 0 Å². The van der Waals surface area contributed by atoms with E-state index in [0.29, 0.717) is 0 Å². The summed E-state index contributed by atoms with van der Waals surface area (Å²) in [5, 5.41) is 3.85. The molecular weight excluding hydrogens is 604 g/mol. The second-order valence-electron chi connectivity index (χ2n) is 9.24. The third-order valence-electron chi connectivity index (χ3n) is 6.44. The fourth-order valence-corrected chi connectivity index (χ4v) is 7.21. The molecule has 0 radical (unpaired) electrons. The molecule has 1 N–H and O–H groups in total. The van der Waals surface area contributed by atoms with Gasteiger partial charge in [0.25, 0.3) is 0 Å². The zero-order valence-electron chi connectivity index (χ0n) is 22.5. The summed E-state index contributed by atoms with van der Waals surface area (Å²) in [4.78, 5) is 5.43. The molecule has 0 heterocycles. The fraction of sp³-hybridized carbons (Fsp3) is 0.0833. The van der Waals surface area contributed by atoms with Crippen molar-refractivity contribution < 1.29 is 4.74 Å². The van der Waals surface area contributed by atoms with Gasteiger partial charge in [-0.3, -0.25) is 0 Å². The molecule has 5 rings (SSSR count). The van der Waals surface area contributed by atoms with Gasteiger partial charge in [-0.1, -0.05) is 0 Å². The number of hydrogen-bond acceptors (Lipinski definition) is 3. The van der Waals surface area contributed by atoms with Gasteiger partial charge in [0.15, 0.2) is 0 Å². The number of nitrogens with one attached hydrogen (secondary N) is 1. The van der Waals surface area contributed by atoms with Crippen LogP contribution >= 0.6 is 0 Å². The molecule has 0 bridgehead atoms. The minimum atomic E-state index is -0.793. The molecule has 5 aromatic carbocycles. The predicted octanol–water partition coefficient (Wildman–Crippen LogP) is 7.46. The second-order valence-corrected chi connectivity index (χ2v) is 12.4. The topological polar surface area (TPSA) is 33.6 Å². The first kappa shape index (κ1) is 27.6. The standard InChI is InChI=1S/C36H32N2OTe/c1-39-32-25-23-31(24-26-32)35(37-27-29-15-7-3-8-16-29)36(40-33-18-9-4-10-19-33)38-34-20-12-11-17-30(34)22-21-28-13-5-2-6-14-28/h2-26,35,37H,27H2,1H3/b22-21+,38-36?. The van der Waals surface area contributed by atoms with Crippen LogP contribution in [0.15, 0.2) is 145 Å². The van der Waals surface area contributed by atoms with Crippen molar-refractivity contribution in [3.05, 3.63) is 162 Å². The van der Waals surface area contributed by atoms with Gasteiger partial charge in [-0.2, -0.15) is 0 Å². The summed E-state index contributed by atoms with van der Waals surface area (Å²) < 4.78 is 7.99. The molecule has 0 aliphatic carbocycles.